The van der Waals surface area contributed by atoms with E-state index >= 15 is 0 Å². The number of nitrogens with zero attached hydrogens (tertiary/aromatic N) is 1. The predicted molar refractivity (Wildman–Crippen MR) is 52.8 cm³/mol. The first kappa shape index (κ1) is 10.4. The summed E-state index contributed by atoms with van der Waals surface area (Å²) < 4.78 is 38.0. The van der Waals surface area contributed by atoms with Gasteiger partial charge in [0.2, 0.25) is 5.89 Å². The number of halogens is 2. The lowest BCUT2D eigenvalue weighted by Gasteiger charge is -1.86. The van der Waals surface area contributed by atoms with Gasteiger partial charge in [-0.15, -0.1) is 3.89 Å². The number of hydrogen-bond donors (Lipinski definition) is 0. The highest BCUT2D eigenvalue weighted by Gasteiger charge is 2.15. The zero-order chi connectivity index (χ0) is 11.1. The molecule has 0 amide bonds. The Labute approximate surface area is 89.9 Å². The first-order chi connectivity index (χ1) is 6.94. The monoisotopic (exact) mass is 249 g/mol. The van der Waals surface area contributed by atoms with Crippen LogP contribution in [0.5, 0.6) is 0 Å². The van der Waals surface area contributed by atoms with Gasteiger partial charge < -0.3 is 4.42 Å². The maximum atomic E-state index is 12.3. The molecule has 0 atom stereocenters. The predicted octanol–water partition coefficient (Wildman–Crippen LogP) is 2.28. The van der Waals surface area contributed by atoms with Crippen molar-refractivity contribution in [3.63, 3.8) is 0 Å². The van der Waals surface area contributed by atoms with Crippen LogP contribution in [0.1, 0.15) is 5.89 Å². The summed E-state index contributed by atoms with van der Waals surface area (Å²) in [5, 5.41) is 0.449. The van der Waals surface area contributed by atoms with Crippen LogP contribution < -0.4 is 0 Å². The molecule has 0 fully saturated rings. The molecule has 7 heteroatoms. The first-order valence-corrected chi connectivity index (χ1v) is 5.84. The first-order valence-electron chi connectivity index (χ1n) is 3.91. The van der Waals surface area contributed by atoms with Crippen LogP contribution in [0.25, 0.3) is 11.1 Å². The highest BCUT2D eigenvalue weighted by atomic mass is 35.5. The van der Waals surface area contributed by atoms with E-state index in [2.05, 4.69) is 4.98 Å². The number of hydrogen-bond acceptors (Lipinski definition) is 4. The van der Waals surface area contributed by atoms with Gasteiger partial charge in [0, 0.05) is 5.02 Å². The van der Waals surface area contributed by atoms with Crippen molar-refractivity contribution in [1.82, 2.24) is 4.98 Å². The molecule has 0 N–H and O–H groups in total. The maximum absolute atomic E-state index is 12.3. The van der Waals surface area contributed by atoms with Crippen molar-refractivity contribution in [3.05, 3.63) is 29.1 Å². The summed E-state index contributed by atoms with van der Waals surface area (Å²) in [6, 6.07) is 4.62. The summed E-state index contributed by atoms with van der Waals surface area (Å²) in [6.07, 6.45) is 0. The second-order valence-electron chi connectivity index (χ2n) is 2.90. The van der Waals surface area contributed by atoms with Gasteiger partial charge in [0.1, 0.15) is 5.52 Å². The summed E-state index contributed by atoms with van der Waals surface area (Å²) >= 11 is 5.69. The van der Waals surface area contributed by atoms with E-state index in [0.717, 1.165) is 0 Å². The lowest BCUT2D eigenvalue weighted by Crippen LogP contribution is -1.95. The molecule has 0 spiro atoms. The van der Waals surface area contributed by atoms with Crippen molar-refractivity contribution in [2.24, 2.45) is 0 Å². The molecule has 2 aromatic rings. The lowest BCUT2D eigenvalue weighted by molar-refractivity contribution is 0.519. The van der Waals surface area contributed by atoms with Crippen LogP contribution in [0.2, 0.25) is 5.02 Å². The van der Waals surface area contributed by atoms with E-state index in [1.807, 2.05) is 0 Å². The molecule has 0 aliphatic heterocycles. The van der Waals surface area contributed by atoms with Crippen molar-refractivity contribution in [1.29, 1.82) is 0 Å². The van der Waals surface area contributed by atoms with E-state index < -0.39 is 16.0 Å². The highest BCUT2D eigenvalue weighted by molar-refractivity contribution is 7.85. The second-order valence-corrected chi connectivity index (χ2v) is 4.71. The third-order valence-electron chi connectivity index (χ3n) is 1.69. The van der Waals surface area contributed by atoms with Gasteiger partial charge in [0.15, 0.2) is 11.3 Å². The number of rotatable bonds is 2. The minimum atomic E-state index is -4.62. The van der Waals surface area contributed by atoms with Gasteiger partial charge in [0.05, 0.1) is 0 Å². The average Bonchev–Trinajstić information content (AvgIpc) is 2.42. The smallest absolute Gasteiger partial charge is 0.311 e. The second kappa shape index (κ2) is 3.46. The van der Waals surface area contributed by atoms with Crippen molar-refractivity contribution in [2.75, 3.05) is 0 Å². The molecular formula is C8H5ClFNO3S. The highest BCUT2D eigenvalue weighted by Crippen LogP contribution is 2.21. The molecule has 0 aliphatic carbocycles. The minimum Gasteiger partial charge on any atom is -0.439 e. The molecule has 0 saturated carbocycles. The van der Waals surface area contributed by atoms with Crippen LogP contribution in [0.4, 0.5) is 3.89 Å². The van der Waals surface area contributed by atoms with Crippen LogP contribution in [0.15, 0.2) is 22.6 Å². The quantitative estimate of drug-likeness (QED) is 0.766. The van der Waals surface area contributed by atoms with Crippen LogP contribution >= 0.6 is 11.6 Å². The lowest BCUT2D eigenvalue weighted by atomic mass is 10.3. The van der Waals surface area contributed by atoms with Crippen molar-refractivity contribution < 1.29 is 16.7 Å². The van der Waals surface area contributed by atoms with E-state index in [9.17, 15) is 12.3 Å². The Morgan fingerprint density at radius 2 is 2.20 bits per heavy atom. The molecule has 0 aliphatic rings. The molecule has 0 unspecified atom stereocenters. The van der Waals surface area contributed by atoms with Crippen LogP contribution in [0.3, 0.4) is 0 Å². The Morgan fingerprint density at radius 3 is 2.87 bits per heavy atom. The Morgan fingerprint density at radius 1 is 1.47 bits per heavy atom. The number of aromatic nitrogens is 1. The fourth-order valence-electron chi connectivity index (χ4n) is 1.16. The molecule has 2 rings (SSSR count). The molecule has 15 heavy (non-hydrogen) atoms. The molecule has 0 radical (unpaired) electrons. The van der Waals surface area contributed by atoms with Gasteiger partial charge in [-0.2, -0.15) is 8.42 Å². The van der Waals surface area contributed by atoms with E-state index in [1.54, 1.807) is 12.1 Å². The Hall–Kier alpha value is -1.14. The maximum Gasteiger partial charge on any atom is 0.311 e. The summed E-state index contributed by atoms with van der Waals surface area (Å²) in [7, 11) is -4.62. The van der Waals surface area contributed by atoms with Gasteiger partial charge in [-0.3, -0.25) is 0 Å². The van der Waals surface area contributed by atoms with Gasteiger partial charge in [-0.1, -0.05) is 11.6 Å². The summed E-state index contributed by atoms with van der Waals surface area (Å²) in [4.78, 5) is 3.79. The molecule has 1 aromatic heterocycles. The molecule has 1 aromatic carbocycles. The van der Waals surface area contributed by atoms with Crippen LogP contribution in [0, 0.1) is 0 Å². The fourth-order valence-corrected chi connectivity index (χ4v) is 1.74. The largest absolute Gasteiger partial charge is 0.439 e. The van der Waals surface area contributed by atoms with E-state index in [0.29, 0.717) is 16.1 Å². The molecule has 80 valence electrons. The van der Waals surface area contributed by atoms with Crippen LogP contribution in [-0.4, -0.2) is 13.4 Å². The SMILES string of the molecule is O=S(=O)(F)Cc1nc2cc(Cl)ccc2o1. The van der Waals surface area contributed by atoms with Gasteiger partial charge >= 0.3 is 10.2 Å². The van der Waals surface area contributed by atoms with Crippen LogP contribution in [-0.2, 0) is 16.0 Å². The molecule has 1 heterocycles. The standard InChI is InChI=1S/C8H5ClFNO3S/c9-5-1-2-7-6(3-5)11-8(14-7)4-15(10,12)13/h1-3H,4H2. The Bertz CT molecular complexity index is 607. The fraction of sp³-hybridized carbons (Fsp3) is 0.125. The third-order valence-corrected chi connectivity index (χ3v) is 2.52. The van der Waals surface area contributed by atoms with Crippen molar-refractivity contribution in [3.8, 4) is 0 Å². The van der Waals surface area contributed by atoms with E-state index in [1.165, 1.54) is 6.07 Å². The normalized spacial score (nSPS) is 12.1. The zero-order valence-corrected chi connectivity index (χ0v) is 8.85. The molecular weight excluding hydrogens is 245 g/mol. The number of benzene rings is 1. The zero-order valence-electron chi connectivity index (χ0n) is 7.28. The van der Waals surface area contributed by atoms with E-state index in [4.69, 9.17) is 16.0 Å². The number of fused-ring (bicyclic) bond motifs is 1. The van der Waals surface area contributed by atoms with Crippen molar-refractivity contribution >= 4 is 32.9 Å². The Balaban J connectivity index is 2.48. The van der Waals surface area contributed by atoms with Gasteiger partial charge in [-0.25, -0.2) is 4.98 Å². The molecule has 0 saturated heterocycles. The summed E-state index contributed by atoms with van der Waals surface area (Å²) in [5.41, 5.74) is 0.777. The van der Waals surface area contributed by atoms with Crippen molar-refractivity contribution in [2.45, 2.75) is 5.75 Å². The van der Waals surface area contributed by atoms with Gasteiger partial charge in [-0.05, 0) is 18.2 Å². The Kier molecular flexibility index (Phi) is 2.40. The number of oxazole rings is 1. The third kappa shape index (κ3) is 2.45. The molecule has 0 bridgehead atoms. The summed E-state index contributed by atoms with van der Waals surface area (Å²) in [6.45, 7) is 0. The topological polar surface area (TPSA) is 60.2 Å². The van der Waals surface area contributed by atoms with Gasteiger partial charge in [0.25, 0.3) is 0 Å². The average molecular weight is 250 g/mol. The summed E-state index contributed by atoms with van der Waals surface area (Å²) in [5.74, 6) is -1.05. The van der Waals surface area contributed by atoms with E-state index in [-0.39, 0.29) is 5.89 Å². The molecule has 4 nitrogen and oxygen atoms in total. The minimum absolute atomic E-state index is 0.185.